The van der Waals surface area contributed by atoms with Crippen LogP contribution in [0.5, 0.6) is 0 Å². The Balaban J connectivity index is 1.39. The summed E-state index contributed by atoms with van der Waals surface area (Å²) in [4.78, 5) is 23.0. The fraction of sp³-hybridized carbons (Fsp3) is 0.300. The van der Waals surface area contributed by atoms with Crippen molar-refractivity contribution >= 4 is 17.5 Å². The number of aliphatic hydroxyl groups is 1. The Hall–Kier alpha value is -2.77. The summed E-state index contributed by atoms with van der Waals surface area (Å²) >= 11 is 6.09. The van der Waals surface area contributed by atoms with Crippen LogP contribution in [-0.2, 0) is 4.79 Å². The molecule has 3 heterocycles. The first kappa shape index (κ1) is 18.6. The van der Waals surface area contributed by atoms with Gasteiger partial charge in [-0.15, -0.1) is 0 Å². The monoisotopic (exact) mass is 398 g/mol. The van der Waals surface area contributed by atoms with E-state index in [1.54, 1.807) is 35.4 Å². The second-order valence-electron chi connectivity index (χ2n) is 6.69. The summed E-state index contributed by atoms with van der Waals surface area (Å²) in [6, 6.07) is 12.4. The second kappa shape index (κ2) is 8.08. The van der Waals surface area contributed by atoms with Gasteiger partial charge in [0.25, 0.3) is 5.91 Å². The summed E-state index contributed by atoms with van der Waals surface area (Å²) in [6.45, 7) is 1.01. The Kier molecular flexibility index (Phi) is 5.36. The van der Waals surface area contributed by atoms with Crippen LogP contribution in [-0.4, -0.2) is 44.1 Å². The van der Waals surface area contributed by atoms with E-state index in [1.807, 2.05) is 18.2 Å². The van der Waals surface area contributed by atoms with Gasteiger partial charge in [0.15, 0.2) is 6.10 Å². The first-order valence-electron chi connectivity index (χ1n) is 9.10. The molecule has 7 nitrogen and oxygen atoms in total. The van der Waals surface area contributed by atoms with Crippen molar-refractivity contribution in [3.63, 3.8) is 0 Å². The first-order chi connectivity index (χ1) is 13.6. The first-order valence-corrected chi connectivity index (χ1v) is 9.47. The molecule has 0 unspecified atom stereocenters. The number of carbonyl (C=O) groups is 1. The van der Waals surface area contributed by atoms with Gasteiger partial charge >= 0.3 is 0 Å². The standard InChI is InChI=1S/C20H19ClN4O3/c21-15-6-2-1-5-14(15)17(26)20(27)25-11-8-13(9-12-25)19-23-18(24-28-19)16-7-3-4-10-22-16/h1-7,10,13,17,26H,8-9,11-12H2/t17-/m1/s1. The smallest absolute Gasteiger partial charge is 0.256 e. The van der Waals surface area contributed by atoms with Gasteiger partial charge in [-0.1, -0.05) is 41.0 Å². The molecule has 0 bridgehead atoms. The molecule has 1 aliphatic rings. The molecule has 0 spiro atoms. The van der Waals surface area contributed by atoms with Gasteiger partial charge in [0.2, 0.25) is 11.7 Å². The molecule has 1 aromatic carbocycles. The van der Waals surface area contributed by atoms with Crippen LogP contribution in [0.25, 0.3) is 11.5 Å². The molecule has 1 amide bonds. The number of piperidine rings is 1. The minimum Gasteiger partial charge on any atom is -0.378 e. The van der Waals surface area contributed by atoms with Crippen molar-refractivity contribution in [3.8, 4) is 11.5 Å². The summed E-state index contributed by atoms with van der Waals surface area (Å²) in [6.07, 6.45) is 1.79. The third-order valence-electron chi connectivity index (χ3n) is 4.93. The van der Waals surface area contributed by atoms with Gasteiger partial charge in [0, 0.05) is 35.8 Å². The molecule has 3 aromatic rings. The lowest BCUT2D eigenvalue weighted by Crippen LogP contribution is -2.40. The van der Waals surface area contributed by atoms with E-state index in [1.165, 1.54) is 0 Å². The molecule has 1 fully saturated rings. The van der Waals surface area contributed by atoms with E-state index >= 15 is 0 Å². The average molecular weight is 399 g/mol. The van der Waals surface area contributed by atoms with Crippen LogP contribution in [0.2, 0.25) is 5.02 Å². The maximum Gasteiger partial charge on any atom is 0.256 e. The van der Waals surface area contributed by atoms with Crippen LogP contribution in [0.4, 0.5) is 0 Å². The largest absolute Gasteiger partial charge is 0.378 e. The zero-order chi connectivity index (χ0) is 19.5. The normalized spacial score (nSPS) is 16.1. The number of aliphatic hydroxyl groups excluding tert-OH is 1. The lowest BCUT2D eigenvalue weighted by atomic mass is 9.96. The Morgan fingerprint density at radius 3 is 2.64 bits per heavy atom. The van der Waals surface area contributed by atoms with E-state index in [9.17, 15) is 9.90 Å². The van der Waals surface area contributed by atoms with Crippen LogP contribution in [0.1, 0.15) is 36.3 Å². The van der Waals surface area contributed by atoms with Crippen LogP contribution < -0.4 is 0 Å². The molecule has 0 aliphatic carbocycles. The zero-order valence-electron chi connectivity index (χ0n) is 15.0. The molecule has 0 saturated carbocycles. The number of rotatable bonds is 4. The van der Waals surface area contributed by atoms with E-state index in [2.05, 4.69) is 15.1 Å². The molecule has 144 valence electrons. The van der Waals surface area contributed by atoms with Crippen LogP contribution in [0.15, 0.2) is 53.2 Å². The number of hydrogen-bond acceptors (Lipinski definition) is 6. The third kappa shape index (κ3) is 3.76. The lowest BCUT2D eigenvalue weighted by Gasteiger charge is -2.32. The molecule has 28 heavy (non-hydrogen) atoms. The average Bonchev–Trinajstić information content (AvgIpc) is 3.24. The van der Waals surface area contributed by atoms with Crippen molar-refractivity contribution in [2.45, 2.75) is 24.9 Å². The summed E-state index contributed by atoms with van der Waals surface area (Å²) < 4.78 is 5.42. The fourth-order valence-corrected chi connectivity index (χ4v) is 3.59. The third-order valence-corrected chi connectivity index (χ3v) is 5.27. The van der Waals surface area contributed by atoms with Gasteiger partial charge < -0.3 is 14.5 Å². The number of pyridine rings is 1. The molecule has 1 aliphatic heterocycles. The lowest BCUT2D eigenvalue weighted by molar-refractivity contribution is -0.141. The highest BCUT2D eigenvalue weighted by Gasteiger charge is 2.31. The maximum absolute atomic E-state index is 12.6. The maximum atomic E-state index is 12.6. The van der Waals surface area contributed by atoms with Gasteiger partial charge in [-0.2, -0.15) is 4.98 Å². The van der Waals surface area contributed by atoms with Crippen LogP contribution in [0, 0.1) is 0 Å². The van der Waals surface area contributed by atoms with Crippen molar-refractivity contribution in [1.29, 1.82) is 0 Å². The van der Waals surface area contributed by atoms with Gasteiger partial charge in [-0.3, -0.25) is 9.78 Å². The van der Waals surface area contributed by atoms with Crippen molar-refractivity contribution in [2.24, 2.45) is 0 Å². The van der Waals surface area contributed by atoms with Crippen LogP contribution in [0.3, 0.4) is 0 Å². The molecule has 1 saturated heterocycles. The Labute approximate surface area is 167 Å². The van der Waals surface area contributed by atoms with E-state index in [-0.39, 0.29) is 11.8 Å². The fourth-order valence-electron chi connectivity index (χ4n) is 3.35. The van der Waals surface area contributed by atoms with Gasteiger partial charge in [-0.25, -0.2) is 0 Å². The number of benzene rings is 1. The molecule has 1 atom stereocenters. The van der Waals surface area contributed by atoms with Crippen molar-refractivity contribution in [2.75, 3.05) is 13.1 Å². The quantitative estimate of drug-likeness (QED) is 0.725. The summed E-state index contributed by atoms with van der Waals surface area (Å²) in [5.41, 5.74) is 1.08. The zero-order valence-corrected chi connectivity index (χ0v) is 15.8. The molecule has 1 N–H and O–H groups in total. The Bertz CT molecular complexity index is 955. The molecule has 8 heteroatoms. The molecule has 0 radical (unpaired) electrons. The minimum absolute atomic E-state index is 0.0754. The van der Waals surface area contributed by atoms with Crippen molar-refractivity contribution < 1.29 is 14.4 Å². The summed E-state index contributed by atoms with van der Waals surface area (Å²) in [5.74, 6) is 0.750. The van der Waals surface area contributed by atoms with E-state index in [4.69, 9.17) is 16.1 Å². The Morgan fingerprint density at radius 2 is 1.93 bits per heavy atom. The SMILES string of the molecule is O=C([C@H](O)c1ccccc1Cl)N1CCC(c2nc(-c3ccccn3)no2)CC1. The number of aromatic nitrogens is 3. The predicted octanol–water partition coefficient (Wildman–Crippen LogP) is 3.22. The minimum atomic E-state index is -1.26. The van der Waals surface area contributed by atoms with Gasteiger partial charge in [-0.05, 0) is 31.0 Å². The number of amides is 1. The molecular weight excluding hydrogens is 380 g/mol. The van der Waals surface area contributed by atoms with E-state index in [0.717, 1.165) is 0 Å². The molecule has 4 rings (SSSR count). The topological polar surface area (TPSA) is 92.3 Å². The molecular formula is C20H19ClN4O3. The predicted molar refractivity (Wildman–Crippen MR) is 102 cm³/mol. The molecule has 2 aromatic heterocycles. The number of hydrogen-bond donors (Lipinski definition) is 1. The second-order valence-corrected chi connectivity index (χ2v) is 7.10. The van der Waals surface area contributed by atoms with Gasteiger partial charge in [0.05, 0.1) is 0 Å². The number of halogens is 1. The number of nitrogens with zero attached hydrogens (tertiary/aromatic N) is 4. The highest BCUT2D eigenvalue weighted by molar-refractivity contribution is 6.31. The highest BCUT2D eigenvalue weighted by atomic mass is 35.5. The van der Waals surface area contributed by atoms with Crippen molar-refractivity contribution in [1.82, 2.24) is 20.0 Å². The Morgan fingerprint density at radius 1 is 1.18 bits per heavy atom. The highest BCUT2D eigenvalue weighted by Crippen LogP contribution is 2.30. The summed E-state index contributed by atoms with van der Waals surface area (Å²) in [5, 5.41) is 14.8. The van der Waals surface area contributed by atoms with Crippen molar-refractivity contribution in [3.05, 3.63) is 65.1 Å². The number of likely N-dealkylation sites (tertiary alicyclic amines) is 1. The summed E-state index contributed by atoms with van der Waals surface area (Å²) in [7, 11) is 0. The van der Waals surface area contributed by atoms with E-state index in [0.29, 0.717) is 53.9 Å². The van der Waals surface area contributed by atoms with E-state index < -0.39 is 6.10 Å². The van der Waals surface area contributed by atoms with Gasteiger partial charge in [0.1, 0.15) is 5.69 Å². The number of carbonyl (C=O) groups excluding carboxylic acids is 1. The van der Waals surface area contributed by atoms with Crippen LogP contribution >= 0.6 is 11.6 Å².